The van der Waals surface area contributed by atoms with Crippen LogP contribution in [-0.2, 0) is 6.54 Å². The first-order chi connectivity index (χ1) is 6.79. The molecular weight excluding hydrogens is 176 g/mol. The highest BCUT2D eigenvalue weighted by Gasteiger charge is 2.17. The van der Waals surface area contributed by atoms with Gasteiger partial charge < -0.3 is 15.1 Å². The lowest BCUT2D eigenvalue weighted by Gasteiger charge is -2.29. The van der Waals surface area contributed by atoms with E-state index in [0.29, 0.717) is 6.54 Å². The van der Waals surface area contributed by atoms with Crippen LogP contribution in [0.4, 0.5) is 5.88 Å². The Labute approximate surface area is 84.9 Å². The van der Waals surface area contributed by atoms with Gasteiger partial charge in [-0.2, -0.15) is 0 Å². The summed E-state index contributed by atoms with van der Waals surface area (Å²) in [4.78, 5) is 2.30. The van der Waals surface area contributed by atoms with Gasteiger partial charge in [0.05, 0.1) is 6.54 Å². The van der Waals surface area contributed by atoms with Crippen molar-refractivity contribution in [1.82, 2.24) is 0 Å². The number of nitrogens with zero attached hydrogens (tertiary/aromatic N) is 1. The second kappa shape index (κ2) is 4.05. The number of hydrogen-bond donors (Lipinski definition) is 1. The molecule has 2 N–H and O–H groups in total. The van der Waals surface area contributed by atoms with Gasteiger partial charge in [0.25, 0.3) is 0 Å². The maximum Gasteiger partial charge on any atom is 0.195 e. The first kappa shape index (κ1) is 9.59. The largest absolute Gasteiger partial charge is 0.444 e. The first-order valence-electron chi connectivity index (χ1n) is 5.33. The molecule has 3 heteroatoms. The molecule has 1 saturated heterocycles. The van der Waals surface area contributed by atoms with Crippen molar-refractivity contribution in [2.24, 2.45) is 11.7 Å². The van der Waals surface area contributed by atoms with E-state index in [4.69, 9.17) is 10.2 Å². The van der Waals surface area contributed by atoms with E-state index in [9.17, 15) is 0 Å². The van der Waals surface area contributed by atoms with Gasteiger partial charge in [-0.25, -0.2) is 0 Å². The van der Waals surface area contributed by atoms with Gasteiger partial charge in [0.2, 0.25) is 0 Å². The van der Waals surface area contributed by atoms with Crippen LogP contribution in [-0.4, -0.2) is 13.1 Å². The standard InChI is InChI=1S/C11H18N2O/c1-9-4-6-13(7-5-9)11-3-2-10(8-12)14-11/h2-3,9H,4-8,12H2,1H3. The Bertz CT molecular complexity index is 287. The molecule has 0 radical (unpaired) electrons. The third-order valence-electron chi connectivity index (χ3n) is 2.94. The van der Waals surface area contributed by atoms with E-state index in [-0.39, 0.29) is 0 Å². The van der Waals surface area contributed by atoms with Gasteiger partial charge in [0.15, 0.2) is 5.88 Å². The maximum absolute atomic E-state index is 5.61. The summed E-state index contributed by atoms with van der Waals surface area (Å²) in [6, 6.07) is 3.99. The van der Waals surface area contributed by atoms with E-state index >= 15 is 0 Å². The Morgan fingerprint density at radius 1 is 1.43 bits per heavy atom. The fraction of sp³-hybridized carbons (Fsp3) is 0.636. The number of piperidine rings is 1. The van der Waals surface area contributed by atoms with Crippen LogP contribution in [0.25, 0.3) is 0 Å². The van der Waals surface area contributed by atoms with Crippen molar-refractivity contribution in [1.29, 1.82) is 0 Å². The van der Waals surface area contributed by atoms with Crippen molar-refractivity contribution in [3.63, 3.8) is 0 Å². The van der Waals surface area contributed by atoms with Gasteiger partial charge in [-0.1, -0.05) is 6.92 Å². The highest BCUT2D eigenvalue weighted by molar-refractivity contribution is 5.36. The van der Waals surface area contributed by atoms with E-state index < -0.39 is 0 Å². The number of nitrogens with two attached hydrogens (primary N) is 1. The minimum Gasteiger partial charge on any atom is -0.444 e. The Morgan fingerprint density at radius 3 is 2.71 bits per heavy atom. The molecule has 1 aliphatic heterocycles. The fourth-order valence-electron chi connectivity index (χ4n) is 1.88. The summed E-state index contributed by atoms with van der Waals surface area (Å²) in [5.41, 5.74) is 5.50. The molecule has 1 aliphatic rings. The van der Waals surface area contributed by atoms with Gasteiger partial charge in [-0.3, -0.25) is 0 Å². The van der Waals surface area contributed by atoms with Crippen molar-refractivity contribution in [2.45, 2.75) is 26.3 Å². The summed E-state index contributed by atoms with van der Waals surface area (Å²) in [7, 11) is 0. The van der Waals surface area contributed by atoms with Crippen LogP contribution in [0.3, 0.4) is 0 Å². The summed E-state index contributed by atoms with van der Waals surface area (Å²) in [5, 5.41) is 0. The van der Waals surface area contributed by atoms with Gasteiger partial charge in [0.1, 0.15) is 5.76 Å². The third-order valence-corrected chi connectivity index (χ3v) is 2.94. The van der Waals surface area contributed by atoms with Gasteiger partial charge >= 0.3 is 0 Å². The number of hydrogen-bond acceptors (Lipinski definition) is 3. The number of rotatable bonds is 2. The molecule has 1 aromatic rings. The molecule has 0 aliphatic carbocycles. The Balaban J connectivity index is 2.01. The molecule has 0 saturated carbocycles. The normalized spacial score (nSPS) is 18.9. The molecule has 0 unspecified atom stereocenters. The smallest absolute Gasteiger partial charge is 0.195 e. The Hall–Kier alpha value is -0.960. The molecule has 14 heavy (non-hydrogen) atoms. The second-order valence-electron chi connectivity index (χ2n) is 4.11. The van der Waals surface area contributed by atoms with Crippen molar-refractivity contribution in [2.75, 3.05) is 18.0 Å². The molecule has 3 nitrogen and oxygen atoms in total. The van der Waals surface area contributed by atoms with E-state index in [1.54, 1.807) is 0 Å². The SMILES string of the molecule is CC1CCN(c2ccc(CN)o2)CC1. The number of anilines is 1. The summed E-state index contributed by atoms with van der Waals surface area (Å²) >= 11 is 0. The summed E-state index contributed by atoms with van der Waals surface area (Å²) in [6.45, 7) is 5.02. The molecular formula is C11H18N2O. The Morgan fingerprint density at radius 2 is 2.14 bits per heavy atom. The highest BCUT2D eigenvalue weighted by Crippen LogP contribution is 2.24. The average Bonchev–Trinajstić information content (AvgIpc) is 2.67. The fourth-order valence-corrected chi connectivity index (χ4v) is 1.88. The quantitative estimate of drug-likeness (QED) is 0.782. The van der Waals surface area contributed by atoms with E-state index in [2.05, 4.69) is 11.8 Å². The minimum atomic E-state index is 0.490. The van der Waals surface area contributed by atoms with Crippen LogP contribution < -0.4 is 10.6 Å². The highest BCUT2D eigenvalue weighted by atomic mass is 16.4. The molecule has 0 aromatic carbocycles. The molecule has 2 heterocycles. The summed E-state index contributed by atoms with van der Waals surface area (Å²) < 4.78 is 5.61. The second-order valence-corrected chi connectivity index (χ2v) is 4.11. The zero-order chi connectivity index (χ0) is 9.97. The van der Waals surface area contributed by atoms with Crippen LogP contribution in [0.15, 0.2) is 16.5 Å². The monoisotopic (exact) mass is 194 g/mol. The summed E-state index contributed by atoms with van der Waals surface area (Å²) in [6.07, 6.45) is 2.53. The van der Waals surface area contributed by atoms with Crippen molar-refractivity contribution < 1.29 is 4.42 Å². The van der Waals surface area contributed by atoms with Crippen LogP contribution in [0.5, 0.6) is 0 Å². The zero-order valence-electron chi connectivity index (χ0n) is 8.70. The lowest BCUT2D eigenvalue weighted by Crippen LogP contribution is -2.32. The molecule has 1 aromatic heterocycles. The van der Waals surface area contributed by atoms with Crippen LogP contribution >= 0.6 is 0 Å². The van der Waals surface area contributed by atoms with Crippen molar-refractivity contribution >= 4 is 5.88 Å². The van der Waals surface area contributed by atoms with Crippen LogP contribution in [0.1, 0.15) is 25.5 Å². The topological polar surface area (TPSA) is 42.4 Å². The van der Waals surface area contributed by atoms with Gasteiger partial charge in [-0.15, -0.1) is 0 Å². The van der Waals surface area contributed by atoms with Crippen molar-refractivity contribution in [3.05, 3.63) is 17.9 Å². The lowest BCUT2D eigenvalue weighted by molar-refractivity contribution is 0.410. The Kier molecular flexibility index (Phi) is 2.77. The third kappa shape index (κ3) is 1.93. The average molecular weight is 194 g/mol. The first-order valence-corrected chi connectivity index (χ1v) is 5.33. The van der Waals surface area contributed by atoms with Crippen LogP contribution in [0.2, 0.25) is 0 Å². The molecule has 0 amide bonds. The van der Waals surface area contributed by atoms with Gasteiger partial charge in [0, 0.05) is 19.2 Å². The molecule has 2 rings (SSSR count). The minimum absolute atomic E-state index is 0.490. The maximum atomic E-state index is 5.61. The zero-order valence-corrected chi connectivity index (χ0v) is 8.70. The predicted octanol–water partition coefficient (Wildman–Crippen LogP) is 1.97. The molecule has 0 spiro atoms. The van der Waals surface area contributed by atoms with Crippen LogP contribution in [0, 0.1) is 5.92 Å². The van der Waals surface area contributed by atoms with Crippen molar-refractivity contribution in [3.8, 4) is 0 Å². The molecule has 0 atom stereocenters. The van der Waals surface area contributed by atoms with E-state index in [0.717, 1.165) is 30.7 Å². The molecule has 1 fully saturated rings. The molecule has 78 valence electrons. The molecule has 0 bridgehead atoms. The summed E-state index contributed by atoms with van der Waals surface area (Å²) in [5.74, 6) is 2.71. The number of furan rings is 1. The van der Waals surface area contributed by atoms with E-state index in [1.165, 1.54) is 12.8 Å². The predicted molar refractivity (Wildman–Crippen MR) is 57.2 cm³/mol. The van der Waals surface area contributed by atoms with Gasteiger partial charge in [-0.05, 0) is 24.8 Å². The lowest BCUT2D eigenvalue weighted by atomic mass is 9.99. The van der Waals surface area contributed by atoms with E-state index in [1.807, 2.05) is 12.1 Å².